The normalized spacial score (nSPS) is 10.2. The van der Waals surface area contributed by atoms with Gasteiger partial charge >= 0.3 is 5.97 Å². The number of nitrogens with zero attached hydrogens (tertiary/aromatic N) is 1. The lowest BCUT2D eigenvalue weighted by Crippen LogP contribution is -2.04. The number of halogens is 1. The average Bonchev–Trinajstić information content (AvgIpc) is 2.41. The molecule has 0 saturated heterocycles. The number of aryl methyl sites for hydroxylation is 1. The van der Waals surface area contributed by atoms with Gasteiger partial charge in [-0.1, -0.05) is 17.7 Å². The van der Waals surface area contributed by atoms with Crippen LogP contribution in [0.15, 0.2) is 36.4 Å². The van der Waals surface area contributed by atoms with Crippen LogP contribution in [0.25, 0.3) is 0 Å². The molecule has 0 aliphatic carbocycles. The van der Waals surface area contributed by atoms with E-state index >= 15 is 0 Å². The van der Waals surface area contributed by atoms with E-state index in [9.17, 15) is 14.9 Å². The molecule has 0 aromatic heterocycles. The Morgan fingerprint density at radius 2 is 1.95 bits per heavy atom. The molecule has 0 radical (unpaired) electrons. The van der Waals surface area contributed by atoms with Crippen LogP contribution in [-0.2, 0) is 0 Å². The van der Waals surface area contributed by atoms with E-state index in [4.69, 9.17) is 16.7 Å². The molecule has 6 nitrogen and oxygen atoms in total. The minimum atomic E-state index is -1.18. The van der Waals surface area contributed by atoms with Crippen LogP contribution in [0.2, 0.25) is 5.02 Å². The molecule has 0 bridgehead atoms. The molecule has 2 aromatic rings. The molecule has 108 valence electrons. The molecule has 0 unspecified atom stereocenters. The Morgan fingerprint density at radius 3 is 2.52 bits per heavy atom. The van der Waals surface area contributed by atoms with Gasteiger partial charge in [-0.25, -0.2) is 4.79 Å². The second kappa shape index (κ2) is 5.80. The molecule has 21 heavy (non-hydrogen) atoms. The van der Waals surface area contributed by atoms with Crippen molar-refractivity contribution in [1.82, 2.24) is 0 Å². The van der Waals surface area contributed by atoms with E-state index in [1.165, 1.54) is 12.1 Å². The molecule has 0 spiro atoms. The van der Waals surface area contributed by atoms with Crippen molar-refractivity contribution in [2.45, 2.75) is 6.92 Å². The Bertz CT molecular complexity index is 731. The number of anilines is 2. The molecule has 0 aliphatic rings. The third-order valence-corrected chi connectivity index (χ3v) is 3.15. The highest BCUT2D eigenvalue weighted by Crippen LogP contribution is 2.30. The monoisotopic (exact) mass is 306 g/mol. The van der Waals surface area contributed by atoms with Crippen molar-refractivity contribution >= 4 is 34.6 Å². The zero-order chi connectivity index (χ0) is 15.6. The smallest absolute Gasteiger partial charge is 0.337 e. The van der Waals surface area contributed by atoms with Crippen LogP contribution in [0, 0.1) is 17.0 Å². The molecular formula is C14H11ClN2O4. The van der Waals surface area contributed by atoms with Gasteiger partial charge in [-0.3, -0.25) is 10.1 Å². The number of rotatable bonds is 4. The third-order valence-electron chi connectivity index (χ3n) is 2.84. The van der Waals surface area contributed by atoms with Crippen LogP contribution in [0.3, 0.4) is 0 Å². The first-order valence-electron chi connectivity index (χ1n) is 5.93. The SMILES string of the molecule is Cc1ccc(Nc2cc([N+](=O)[O-])ccc2C(=O)O)c(Cl)c1. The summed E-state index contributed by atoms with van der Waals surface area (Å²) >= 11 is 6.07. The summed E-state index contributed by atoms with van der Waals surface area (Å²) in [7, 11) is 0. The van der Waals surface area contributed by atoms with Gasteiger partial charge in [0.25, 0.3) is 5.69 Å². The lowest BCUT2D eigenvalue weighted by Gasteiger charge is -2.11. The largest absolute Gasteiger partial charge is 0.478 e. The van der Waals surface area contributed by atoms with Gasteiger partial charge in [0.2, 0.25) is 0 Å². The fourth-order valence-electron chi connectivity index (χ4n) is 1.80. The minimum absolute atomic E-state index is 0.0720. The van der Waals surface area contributed by atoms with E-state index in [1.54, 1.807) is 18.2 Å². The molecule has 0 heterocycles. The van der Waals surface area contributed by atoms with Gasteiger partial charge in [0, 0.05) is 12.1 Å². The molecule has 0 amide bonds. The first-order valence-corrected chi connectivity index (χ1v) is 6.31. The lowest BCUT2D eigenvalue weighted by atomic mass is 10.1. The maximum Gasteiger partial charge on any atom is 0.337 e. The number of non-ortho nitro benzene ring substituents is 1. The van der Waals surface area contributed by atoms with Crippen molar-refractivity contribution in [2.24, 2.45) is 0 Å². The summed E-state index contributed by atoms with van der Waals surface area (Å²) in [6, 6.07) is 8.69. The van der Waals surface area contributed by atoms with Gasteiger partial charge in [-0.05, 0) is 30.7 Å². The Hall–Kier alpha value is -2.60. The van der Waals surface area contributed by atoms with Crippen molar-refractivity contribution in [3.8, 4) is 0 Å². The number of nitrogens with one attached hydrogen (secondary N) is 1. The second-order valence-corrected chi connectivity index (χ2v) is 4.81. The maximum absolute atomic E-state index is 11.2. The predicted octanol–water partition coefficient (Wildman–Crippen LogP) is 4.00. The Kier molecular flexibility index (Phi) is 4.09. The van der Waals surface area contributed by atoms with E-state index in [0.29, 0.717) is 10.7 Å². The summed E-state index contributed by atoms with van der Waals surface area (Å²) in [5.41, 5.74) is 1.26. The van der Waals surface area contributed by atoms with E-state index in [0.717, 1.165) is 11.6 Å². The topological polar surface area (TPSA) is 92.5 Å². The predicted molar refractivity (Wildman–Crippen MR) is 79.5 cm³/mol. The molecule has 0 aliphatic heterocycles. The zero-order valence-corrected chi connectivity index (χ0v) is 11.7. The number of carboxylic acid groups (broad SMARTS) is 1. The summed E-state index contributed by atoms with van der Waals surface area (Å²) in [5, 5.41) is 23.2. The summed E-state index contributed by atoms with van der Waals surface area (Å²) in [5.74, 6) is -1.18. The van der Waals surface area contributed by atoms with Gasteiger partial charge in [-0.15, -0.1) is 0 Å². The fourth-order valence-corrected chi connectivity index (χ4v) is 2.08. The highest BCUT2D eigenvalue weighted by molar-refractivity contribution is 6.33. The molecule has 0 fully saturated rings. The van der Waals surface area contributed by atoms with Gasteiger partial charge in [0.05, 0.1) is 26.9 Å². The summed E-state index contributed by atoms with van der Waals surface area (Å²) in [6.45, 7) is 1.87. The van der Waals surface area contributed by atoms with Gasteiger partial charge in [0.15, 0.2) is 0 Å². The number of nitro benzene ring substituents is 1. The van der Waals surface area contributed by atoms with Crippen LogP contribution in [0.5, 0.6) is 0 Å². The van der Waals surface area contributed by atoms with Crippen molar-refractivity contribution in [3.63, 3.8) is 0 Å². The molecule has 2 rings (SSSR count). The van der Waals surface area contributed by atoms with Gasteiger partial charge in [-0.2, -0.15) is 0 Å². The Morgan fingerprint density at radius 1 is 1.24 bits per heavy atom. The lowest BCUT2D eigenvalue weighted by molar-refractivity contribution is -0.384. The van der Waals surface area contributed by atoms with Crippen LogP contribution >= 0.6 is 11.6 Å². The maximum atomic E-state index is 11.2. The highest BCUT2D eigenvalue weighted by atomic mass is 35.5. The van der Waals surface area contributed by atoms with Crippen LogP contribution in [0.4, 0.5) is 17.1 Å². The summed E-state index contributed by atoms with van der Waals surface area (Å²) in [4.78, 5) is 21.4. The van der Waals surface area contributed by atoms with Gasteiger partial charge < -0.3 is 10.4 Å². The highest BCUT2D eigenvalue weighted by Gasteiger charge is 2.16. The summed E-state index contributed by atoms with van der Waals surface area (Å²) in [6.07, 6.45) is 0. The number of hydrogen-bond acceptors (Lipinski definition) is 4. The van der Waals surface area contributed by atoms with Crippen LogP contribution in [0.1, 0.15) is 15.9 Å². The van der Waals surface area contributed by atoms with E-state index in [2.05, 4.69) is 5.32 Å². The van der Waals surface area contributed by atoms with E-state index < -0.39 is 10.9 Å². The quantitative estimate of drug-likeness (QED) is 0.658. The Balaban J connectivity index is 2.48. The molecule has 0 saturated carbocycles. The van der Waals surface area contributed by atoms with Crippen molar-refractivity contribution in [3.05, 3.63) is 62.7 Å². The number of carbonyl (C=O) groups is 1. The molecule has 2 aromatic carbocycles. The van der Waals surface area contributed by atoms with E-state index in [1.807, 2.05) is 6.92 Å². The zero-order valence-electron chi connectivity index (χ0n) is 11.0. The van der Waals surface area contributed by atoms with Crippen molar-refractivity contribution in [1.29, 1.82) is 0 Å². The third kappa shape index (κ3) is 3.29. The fraction of sp³-hybridized carbons (Fsp3) is 0.0714. The standard InChI is InChI=1S/C14H11ClN2O4/c1-8-2-5-12(11(15)6-8)16-13-7-9(17(20)21)3-4-10(13)14(18)19/h2-7,16H,1H3,(H,18,19). The molecule has 2 N–H and O–H groups in total. The number of aromatic carboxylic acids is 1. The van der Waals surface area contributed by atoms with Gasteiger partial charge in [0.1, 0.15) is 0 Å². The first kappa shape index (κ1) is 14.8. The van der Waals surface area contributed by atoms with Crippen LogP contribution < -0.4 is 5.32 Å². The minimum Gasteiger partial charge on any atom is -0.478 e. The number of nitro groups is 1. The average molecular weight is 307 g/mol. The molecule has 7 heteroatoms. The van der Waals surface area contributed by atoms with E-state index in [-0.39, 0.29) is 16.9 Å². The Labute approximate surface area is 125 Å². The van der Waals surface area contributed by atoms with Crippen molar-refractivity contribution < 1.29 is 14.8 Å². The number of carboxylic acids is 1. The first-order chi connectivity index (χ1) is 9.88. The molecular weight excluding hydrogens is 296 g/mol. The molecule has 0 atom stereocenters. The van der Waals surface area contributed by atoms with Crippen molar-refractivity contribution in [2.75, 3.05) is 5.32 Å². The van der Waals surface area contributed by atoms with Crippen LogP contribution in [-0.4, -0.2) is 16.0 Å². The number of benzene rings is 2. The number of hydrogen-bond donors (Lipinski definition) is 2. The second-order valence-electron chi connectivity index (χ2n) is 4.40. The summed E-state index contributed by atoms with van der Waals surface area (Å²) < 4.78 is 0.